The Morgan fingerprint density at radius 1 is 0.500 bits per heavy atom. The van der Waals surface area contributed by atoms with E-state index in [0.717, 1.165) is 22.4 Å². The molecule has 0 spiro atoms. The minimum absolute atomic E-state index is 0.937. The van der Waals surface area contributed by atoms with Gasteiger partial charge in [0.05, 0.1) is 22.1 Å². The van der Waals surface area contributed by atoms with Gasteiger partial charge in [-0.3, -0.25) is 4.57 Å². The van der Waals surface area contributed by atoms with Gasteiger partial charge < -0.3 is 4.57 Å². The maximum absolute atomic E-state index is 5.12. The molecule has 3 nitrogen and oxygen atoms in total. The highest BCUT2D eigenvalue weighted by Gasteiger charge is 2.18. The monoisotopic (exact) mass is 459 g/mol. The third-order valence-electron chi connectivity index (χ3n) is 7.33. The first-order valence-electron chi connectivity index (χ1n) is 12.2. The topological polar surface area (TPSA) is 22.8 Å². The van der Waals surface area contributed by atoms with Crippen LogP contribution in [0.5, 0.6) is 0 Å². The van der Waals surface area contributed by atoms with E-state index in [0.29, 0.717) is 0 Å². The van der Waals surface area contributed by atoms with Crippen molar-refractivity contribution in [2.45, 2.75) is 0 Å². The lowest BCUT2D eigenvalue weighted by molar-refractivity contribution is 1.11. The third kappa shape index (κ3) is 2.65. The van der Waals surface area contributed by atoms with E-state index in [2.05, 4.69) is 137 Å². The number of aromatic nitrogens is 3. The Morgan fingerprint density at radius 2 is 1.28 bits per heavy atom. The van der Waals surface area contributed by atoms with Crippen LogP contribution in [0.1, 0.15) is 0 Å². The molecule has 0 bridgehead atoms. The first-order chi connectivity index (χ1) is 17.9. The van der Waals surface area contributed by atoms with E-state index in [4.69, 9.17) is 4.98 Å². The molecular formula is C33H21N3. The molecule has 8 aromatic rings. The normalized spacial score (nSPS) is 11.9. The molecule has 0 atom stereocenters. The fourth-order valence-corrected chi connectivity index (χ4v) is 5.72. The van der Waals surface area contributed by atoms with Gasteiger partial charge in [-0.2, -0.15) is 0 Å². The summed E-state index contributed by atoms with van der Waals surface area (Å²) < 4.78 is 4.62. The average molecular weight is 460 g/mol. The molecule has 0 fully saturated rings. The van der Waals surface area contributed by atoms with Crippen molar-refractivity contribution < 1.29 is 0 Å². The predicted molar refractivity (Wildman–Crippen MR) is 150 cm³/mol. The van der Waals surface area contributed by atoms with Crippen LogP contribution in [-0.2, 0) is 0 Å². The second-order valence-corrected chi connectivity index (χ2v) is 9.29. The van der Waals surface area contributed by atoms with Crippen LogP contribution in [0.3, 0.4) is 0 Å². The second kappa shape index (κ2) is 7.30. The average Bonchev–Trinajstić information content (AvgIpc) is 3.53. The second-order valence-electron chi connectivity index (χ2n) is 9.29. The molecule has 0 aliphatic heterocycles. The van der Waals surface area contributed by atoms with Crippen molar-refractivity contribution in [1.29, 1.82) is 0 Å². The highest BCUT2D eigenvalue weighted by molar-refractivity contribution is 6.25. The summed E-state index contributed by atoms with van der Waals surface area (Å²) in [6.45, 7) is 0. The molecule has 0 radical (unpaired) electrons. The van der Waals surface area contributed by atoms with Crippen molar-refractivity contribution in [3.8, 4) is 11.5 Å². The Hall–Kier alpha value is -4.89. The van der Waals surface area contributed by atoms with Crippen molar-refractivity contribution in [1.82, 2.24) is 14.1 Å². The smallest absolute Gasteiger partial charge is 0.138 e. The summed E-state index contributed by atoms with van der Waals surface area (Å²) in [7, 11) is 0. The first-order valence-corrected chi connectivity index (χ1v) is 12.2. The van der Waals surface area contributed by atoms with Crippen molar-refractivity contribution in [3.63, 3.8) is 0 Å². The van der Waals surface area contributed by atoms with Crippen LogP contribution in [0, 0.1) is 0 Å². The fourth-order valence-electron chi connectivity index (χ4n) is 5.72. The number of pyridine rings is 1. The van der Waals surface area contributed by atoms with E-state index < -0.39 is 0 Å². The van der Waals surface area contributed by atoms with Crippen LogP contribution in [0.2, 0.25) is 0 Å². The molecule has 0 unspecified atom stereocenters. The summed E-state index contributed by atoms with van der Waals surface area (Å²) in [5.41, 5.74) is 5.73. The van der Waals surface area contributed by atoms with Crippen LogP contribution in [0.25, 0.3) is 65.9 Å². The van der Waals surface area contributed by atoms with E-state index in [1.54, 1.807) is 0 Å². The zero-order valence-corrected chi connectivity index (χ0v) is 19.5. The van der Waals surface area contributed by atoms with E-state index in [9.17, 15) is 0 Å². The molecule has 3 heteroatoms. The Bertz CT molecular complexity index is 2100. The quantitative estimate of drug-likeness (QED) is 0.254. The number of nitrogens with zero attached hydrogens (tertiary/aromatic N) is 3. The van der Waals surface area contributed by atoms with Gasteiger partial charge in [0, 0.05) is 38.8 Å². The highest BCUT2D eigenvalue weighted by Crippen LogP contribution is 2.40. The van der Waals surface area contributed by atoms with Crippen LogP contribution in [0.15, 0.2) is 128 Å². The molecule has 0 saturated heterocycles. The lowest BCUT2D eigenvalue weighted by Gasteiger charge is -2.11. The van der Waals surface area contributed by atoms with Crippen LogP contribution < -0.4 is 0 Å². The largest absolute Gasteiger partial charge is 0.317 e. The highest BCUT2D eigenvalue weighted by atomic mass is 15.1. The van der Waals surface area contributed by atoms with Crippen molar-refractivity contribution in [2.24, 2.45) is 0 Å². The maximum Gasteiger partial charge on any atom is 0.138 e. The minimum atomic E-state index is 0.937. The van der Waals surface area contributed by atoms with Crippen molar-refractivity contribution >= 4 is 54.4 Å². The van der Waals surface area contributed by atoms with Gasteiger partial charge in [-0.25, -0.2) is 4.98 Å². The van der Waals surface area contributed by atoms with Gasteiger partial charge in [-0.05, 0) is 53.9 Å². The van der Waals surface area contributed by atoms with Crippen molar-refractivity contribution in [2.75, 3.05) is 0 Å². The van der Waals surface area contributed by atoms with Gasteiger partial charge in [-0.15, -0.1) is 0 Å². The van der Waals surface area contributed by atoms with E-state index >= 15 is 0 Å². The number of rotatable bonds is 2. The number of hydrogen-bond acceptors (Lipinski definition) is 1. The lowest BCUT2D eigenvalue weighted by atomic mass is 10.0. The van der Waals surface area contributed by atoms with Gasteiger partial charge >= 0.3 is 0 Å². The standard InChI is InChI=1S/C33H21N3/c1-2-9-24(10-3-1)35-21-20-27-29(35)18-15-23-14-17-26-25-11-5-7-13-30(25)36(33(26)32(23)27)31-19-16-22-8-4-6-12-28(22)34-31/h1-21H. The van der Waals surface area contributed by atoms with E-state index in [1.165, 1.54) is 43.5 Å². The zero-order valence-electron chi connectivity index (χ0n) is 19.5. The molecule has 5 aromatic carbocycles. The van der Waals surface area contributed by atoms with Crippen molar-refractivity contribution in [3.05, 3.63) is 128 Å². The molecule has 3 aromatic heterocycles. The molecule has 0 aliphatic rings. The van der Waals surface area contributed by atoms with Crippen LogP contribution in [0.4, 0.5) is 0 Å². The predicted octanol–water partition coefficient (Wildman–Crippen LogP) is 8.43. The zero-order chi connectivity index (χ0) is 23.6. The van der Waals surface area contributed by atoms with Crippen LogP contribution in [-0.4, -0.2) is 14.1 Å². The molecule has 8 rings (SSSR count). The van der Waals surface area contributed by atoms with Gasteiger partial charge in [0.2, 0.25) is 0 Å². The van der Waals surface area contributed by atoms with E-state index in [-0.39, 0.29) is 0 Å². The summed E-state index contributed by atoms with van der Waals surface area (Å²) in [5.74, 6) is 0.937. The third-order valence-corrected chi connectivity index (χ3v) is 7.33. The van der Waals surface area contributed by atoms with E-state index in [1.807, 2.05) is 0 Å². The summed E-state index contributed by atoms with van der Waals surface area (Å²) in [6.07, 6.45) is 2.18. The summed E-state index contributed by atoms with van der Waals surface area (Å²) in [6, 6.07) is 43.1. The van der Waals surface area contributed by atoms with Gasteiger partial charge in [0.25, 0.3) is 0 Å². The van der Waals surface area contributed by atoms with Gasteiger partial charge in [0.15, 0.2) is 0 Å². The molecule has 0 aliphatic carbocycles. The number of fused-ring (bicyclic) bond motifs is 8. The summed E-state index contributed by atoms with van der Waals surface area (Å²) in [5, 5.41) is 7.36. The van der Waals surface area contributed by atoms with Gasteiger partial charge in [0.1, 0.15) is 5.82 Å². The fraction of sp³-hybridized carbons (Fsp3) is 0. The molecule has 36 heavy (non-hydrogen) atoms. The lowest BCUT2D eigenvalue weighted by Crippen LogP contribution is -1.98. The Labute approximate surface area is 207 Å². The first kappa shape index (κ1) is 19.4. The summed E-state index contributed by atoms with van der Waals surface area (Å²) >= 11 is 0. The number of para-hydroxylation sites is 3. The molecule has 3 heterocycles. The Morgan fingerprint density at radius 3 is 2.22 bits per heavy atom. The molecular weight excluding hydrogens is 438 g/mol. The maximum atomic E-state index is 5.12. The van der Waals surface area contributed by atoms with Crippen LogP contribution >= 0.6 is 0 Å². The molecule has 168 valence electrons. The Kier molecular flexibility index (Phi) is 3.94. The SMILES string of the molecule is c1ccc(-n2ccc3c4c(ccc5c6ccccc6n(-c6ccc7ccccc7n6)c54)ccc32)cc1. The molecule has 0 amide bonds. The Balaban J connectivity index is 1.55. The molecule has 0 saturated carbocycles. The van der Waals surface area contributed by atoms with Gasteiger partial charge in [-0.1, -0.05) is 72.8 Å². The minimum Gasteiger partial charge on any atom is -0.317 e. The number of hydrogen-bond donors (Lipinski definition) is 0. The molecule has 0 N–H and O–H groups in total. The number of benzene rings is 5. The summed E-state index contributed by atoms with van der Waals surface area (Å²) in [4.78, 5) is 5.12.